The highest BCUT2D eigenvalue weighted by molar-refractivity contribution is 6.31. The molecule has 1 rings (SSSR count). The van der Waals surface area contributed by atoms with Crippen LogP contribution in [-0.4, -0.2) is 30.6 Å². The number of aromatic carboxylic acids is 1. The summed E-state index contributed by atoms with van der Waals surface area (Å²) >= 11 is 5.72. The topological polar surface area (TPSA) is 78.4 Å². The zero-order chi connectivity index (χ0) is 13.5. The van der Waals surface area contributed by atoms with Crippen molar-refractivity contribution in [3.8, 4) is 0 Å². The van der Waals surface area contributed by atoms with Gasteiger partial charge in [0.2, 0.25) is 5.91 Å². The Labute approximate surface area is 110 Å². The molecule has 0 aliphatic heterocycles. The molecule has 0 aromatic heterocycles. The molecule has 0 radical (unpaired) electrons. The molecule has 0 heterocycles. The van der Waals surface area contributed by atoms with Crippen LogP contribution in [0, 0.1) is 0 Å². The molecule has 0 unspecified atom stereocenters. The second-order valence-corrected chi connectivity index (χ2v) is 4.19. The fourth-order valence-electron chi connectivity index (χ4n) is 1.44. The Kier molecular flexibility index (Phi) is 5.61. The van der Waals surface area contributed by atoms with Crippen molar-refractivity contribution >= 4 is 29.2 Å². The summed E-state index contributed by atoms with van der Waals surface area (Å²) in [4.78, 5) is 22.6. The van der Waals surface area contributed by atoms with E-state index in [1.54, 1.807) is 7.05 Å². The minimum Gasteiger partial charge on any atom is -0.478 e. The van der Waals surface area contributed by atoms with Gasteiger partial charge in [-0.25, -0.2) is 4.79 Å². The minimum absolute atomic E-state index is 0.00975. The summed E-state index contributed by atoms with van der Waals surface area (Å²) in [5, 5.41) is 14.8. The molecule has 1 amide bonds. The number of benzene rings is 1. The lowest BCUT2D eigenvalue weighted by Gasteiger charge is -2.08. The van der Waals surface area contributed by atoms with Gasteiger partial charge < -0.3 is 15.7 Å². The summed E-state index contributed by atoms with van der Waals surface area (Å²) in [7, 11) is 1.81. The van der Waals surface area contributed by atoms with Crippen LogP contribution >= 0.6 is 11.6 Å². The smallest absolute Gasteiger partial charge is 0.337 e. The van der Waals surface area contributed by atoms with Gasteiger partial charge in [0, 0.05) is 11.4 Å². The number of hydrogen-bond acceptors (Lipinski definition) is 3. The van der Waals surface area contributed by atoms with Gasteiger partial charge >= 0.3 is 5.97 Å². The first-order valence-electron chi connectivity index (χ1n) is 5.52. The second-order valence-electron chi connectivity index (χ2n) is 3.75. The highest BCUT2D eigenvalue weighted by Crippen LogP contribution is 2.21. The standard InChI is InChI=1S/C12H15ClN2O3/c1-14-6-2-3-11(16)15-10-5-4-8(13)7-9(10)12(17)18/h4-5,7,14H,2-3,6H2,1H3,(H,15,16)(H,17,18). The van der Waals surface area contributed by atoms with Gasteiger partial charge in [-0.15, -0.1) is 0 Å². The van der Waals surface area contributed by atoms with Crippen molar-refractivity contribution in [3.63, 3.8) is 0 Å². The highest BCUT2D eigenvalue weighted by Gasteiger charge is 2.12. The van der Waals surface area contributed by atoms with Crippen molar-refractivity contribution in [2.45, 2.75) is 12.8 Å². The number of carbonyl (C=O) groups excluding carboxylic acids is 1. The third kappa shape index (κ3) is 4.35. The maximum atomic E-state index is 11.6. The number of nitrogens with one attached hydrogen (secondary N) is 2. The van der Waals surface area contributed by atoms with Gasteiger partial charge in [0.1, 0.15) is 0 Å². The Morgan fingerprint density at radius 1 is 1.39 bits per heavy atom. The number of halogens is 1. The van der Waals surface area contributed by atoms with Crippen LogP contribution < -0.4 is 10.6 Å². The Bertz CT molecular complexity index is 449. The van der Waals surface area contributed by atoms with E-state index in [0.29, 0.717) is 17.9 Å². The van der Waals surface area contributed by atoms with Crippen molar-refractivity contribution in [2.24, 2.45) is 0 Å². The maximum Gasteiger partial charge on any atom is 0.337 e. The van der Waals surface area contributed by atoms with Crippen molar-refractivity contribution in [1.82, 2.24) is 5.32 Å². The number of anilines is 1. The summed E-state index contributed by atoms with van der Waals surface area (Å²) in [5.41, 5.74) is 0.255. The minimum atomic E-state index is -1.12. The van der Waals surface area contributed by atoms with E-state index in [4.69, 9.17) is 16.7 Å². The van der Waals surface area contributed by atoms with E-state index in [1.165, 1.54) is 18.2 Å². The van der Waals surface area contributed by atoms with Gasteiger partial charge in [0.25, 0.3) is 0 Å². The summed E-state index contributed by atoms with van der Waals surface area (Å²) in [6, 6.07) is 4.34. The fourth-order valence-corrected chi connectivity index (χ4v) is 1.61. The molecule has 0 atom stereocenters. The first kappa shape index (κ1) is 14.5. The molecule has 0 fully saturated rings. The molecule has 0 aliphatic rings. The molecule has 0 saturated heterocycles. The zero-order valence-corrected chi connectivity index (χ0v) is 10.8. The van der Waals surface area contributed by atoms with Crippen LogP contribution in [0.25, 0.3) is 0 Å². The summed E-state index contributed by atoms with van der Waals surface area (Å²) in [5.74, 6) is -1.34. The van der Waals surface area contributed by atoms with Crippen LogP contribution in [0.5, 0.6) is 0 Å². The molecule has 0 aliphatic carbocycles. The van der Waals surface area contributed by atoms with E-state index < -0.39 is 5.97 Å². The van der Waals surface area contributed by atoms with Crippen LogP contribution in [0.2, 0.25) is 5.02 Å². The van der Waals surface area contributed by atoms with E-state index in [1.807, 2.05) is 0 Å². The van der Waals surface area contributed by atoms with Gasteiger partial charge in [0.15, 0.2) is 0 Å². The third-order valence-corrected chi connectivity index (χ3v) is 2.55. The SMILES string of the molecule is CNCCCC(=O)Nc1ccc(Cl)cc1C(=O)O. The van der Waals surface area contributed by atoms with E-state index >= 15 is 0 Å². The predicted molar refractivity (Wildman–Crippen MR) is 70.2 cm³/mol. The van der Waals surface area contributed by atoms with Crippen molar-refractivity contribution in [1.29, 1.82) is 0 Å². The number of amides is 1. The number of carbonyl (C=O) groups is 2. The summed E-state index contributed by atoms with van der Waals surface area (Å²) < 4.78 is 0. The number of hydrogen-bond donors (Lipinski definition) is 3. The molecule has 0 spiro atoms. The molecule has 1 aromatic rings. The molecule has 0 bridgehead atoms. The second kappa shape index (κ2) is 6.98. The maximum absolute atomic E-state index is 11.6. The van der Waals surface area contributed by atoms with E-state index in [2.05, 4.69) is 10.6 Å². The monoisotopic (exact) mass is 270 g/mol. The largest absolute Gasteiger partial charge is 0.478 e. The van der Waals surface area contributed by atoms with Crippen molar-refractivity contribution in [3.05, 3.63) is 28.8 Å². The van der Waals surface area contributed by atoms with Gasteiger partial charge in [0.05, 0.1) is 11.3 Å². The van der Waals surface area contributed by atoms with Gasteiger partial charge in [-0.1, -0.05) is 11.6 Å². The molecule has 98 valence electrons. The number of carboxylic acid groups (broad SMARTS) is 1. The lowest BCUT2D eigenvalue weighted by atomic mass is 10.1. The lowest BCUT2D eigenvalue weighted by Crippen LogP contribution is -2.16. The van der Waals surface area contributed by atoms with Crippen molar-refractivity contribution < 1.29 is 14.7 Å². The molecule has 0 saturated carbocycles. The highest BCUT2D eigenvalue weighted by atomic mass is 35.5. The Morgan fingerprint density at radius 2 is 2.11 bits per heavy atom. The molecular weight excluding hydrogens is 256 g/mol. The van der Waals surface area contributed by atoms with E-state index in [-0.39, 0.29) is 17.2 Å². The van der Waals surface area contributed by atoms with Crippen LogP contribution in [0.4, 0.5) is 5.69 Å². The van der Waals surface area contributed by atoms with Crippen LogP contribution in [0.1, 0.15) is 23.2 Å². The number of rotatable bonds is 6. The third-order valence-electron chi connectivity index (χ3n) is 2.32. The Morgan fingerprint density at radius 3 is 2.72 bits per heavy atom. The Hall–Kier alpha value is -1.59. The van der Waals surface area contributed by atoms with Crippen LogP contribution in [-0.2, 0) is 4.79 Å². The molecular formula is C12H15ClN2O3. The van der Waals surface area contributed by atoms with Gasteiger partial charge in [-0.2, -0.15) is 0 Å². The lowest BCUT2D eigenvalue weighted by molar-refractivity contribution is -0.116. The van der Waals surface area contributed by atoms with Gasteiger partial charge in [-0.05, 0) is 38.2 Å². The average Bonchev–Trinajstić information content (AvgIpc) is 2.31. The van der Waals surface area contributed by atoms with E-state index in [0.717, 1.165) is 6.54 Å². The summed E-state index contributed by atoms with van der Waals surface area (Å²) in [6.45, 7) is 0.736. The first-order valence-corrected chi connectivity index (χ1v) is 5.89. The fraction of sp³-hybridized carbons (Fsp3) is 0.333. The van der Waals surface area contributed by atoms with Gasteiger partial charge in [-0.3, -0.25) is 4.79 Å². The predicted octanol–water partition coefficient (Wildman–Crippen LogP) is 1.98. The molecule has 6 heteroatoms. The van der Waals surface area contributed by atoms with Crippen molar-refractivity contribution in [2.75, 3.05) is 18.9 Å². The molecule has 3 N–H and O–H groups in total. The quantitative estimate of drug-likeness (QED) is 0.691. The normalized spacial score (nSPS) is 10.1. The number of carboxylic acids is 1. The average molecular weight is 271 g/mol. The first-order chi connectivity index (χ1) is 8.54. The van der Waals surface area contributed by atoms with E-state index in [9.17, 15) is 9.59 Å². The van der Waals surface area contributed by atoms with Crippen LogP contribution in [0.15, 0.2) is 18.2 Å². The molecule has 18 heavy (non-hydrogen) atoms. The molecule has 1 aromatic carbocycles. The Balaban J connectivity index is 2.72. The zero-order valence-electron chi connectivity index (χ0n) is 10.00. The molecule has 5 nitrogen and oxygen atoms in total. The van der Waals surface area contributed by atoms with Crippen LogP contribution in [0.3, 0.4) is 0 Å². The summed E-state index contributed by atoms with van der Waals surface area (Å²) in [6.07, 6.45) is 1.03.